The summed E-state index contributed by atoms with van der Waals surface area (Å²) in [4.78, 5) is 6.12. The molecule has 0 aliphatic carbocycles. The average Bonchev–Trinajstić information content (AvgIpc) is 2.95. The largest absolute Gasteiger partial charge is 0.361 e. The standard InChI is InChI=1S/C18H26BrN3.2ClH/c1-2-3-4-5-18(22-10-8-20-9-11-22)16-13-21-17-7-6-14(19)12-15(16)17;;/h6-7,12-13,18,20-21H,2-5,8-11H2,1H3;2*1H/t18-;;/m0../s1. The fourth-order valence-corrected chi connectivity index (χ4v) is 3.87. The molecule has 3 nitrogen and oxygen atoms in total. The van der Waals surface area contributed by atoms with E-state index in [0.29, 0.717) is 6.04 Å². The zero-order chi connectivity index (χ0) is 15.4. The molecule has 3 rings (SSSR count). The number of aromatic nitrogens is 1. The van der Waals surface area contributed by atoms with Gasteiger partial charge in [-0.25, -0.2) is 0 Å². The molecule has 0 bridgehead atoms. The Hall–Kier alpha value is -0.260. The Kier molecular flexibility index (Phi) is 9.68. The van der Waals surface area contributed by atoms with E-state index in [9.17, 15) is 0 Å². The predicted molar refractivity (Wildman–Crippen MR) is 112 cm³/mol. The van der Waals surface area contributed by atoms with Crippen molar-refractivity contribution < 1.29 is 0 Å². The van der Waals surface area contributed by atoms with Crippen molar-refractivity contribution in [2.75, 3.05) is 26.2 Å². The number of hydrogen-bond acceptors (Lipinski definition) is 2. The molecule has 24 heavy (non-hydrogen) atoms. The van der Waals surface area contributed by atoms with Crippen molar-refractivity contribution in [3.63, 3.8) is 0 Å². The van der Waals surface area contributed by atoms with Gasteiger partial charge in [-0.3, -0.25) is 4.90 Å². The fraction of sp³-hybridized carbons (Fsp3) is 0.556. The Balaban J connectivity index is 0.00000144. The molecule has 0 saturated carbocycles. The Morgan fingerprint density at radius 3 is 2.62 bits per heavy atom. The first-order valence-corrected chi connectivity index (χ1v) is 9.30. The molecule has 1 aromatic carbocycles. The van der Waals surface area contributed by atoms with Crippen molar-refractivity contribution in [3.05, 3.63) is 34.4 Å². The molecule has 1 aliphatic rings. The summed E-state index contributed by atoms with van der Waals surface area (Å²) < 4.78 is 1.16. The van der Waals surface area contributed by atoms with Crippen LogP contribution in [-0.2, 0) is 0 Å². The smallest absolute Gasteiger partial charge is 0.0458 e. The monoisotopic (exact) mass is 435 g/mol. The fourth-order valence-electron chi connectivity index (χ4n) is 3.51. The van der Waals surface area contributed by atoms with Gasteiger partial charge in [0.15, 0.2) is 0 Å². The van der Waals surface area contributed by atoms with Crippen LogP contribution in [0.4, 0.5) is 0 Å². The summed E-state index contributed by atoms with van der Waals surface area (Å²) in [7, 11) is 0. The minimum Gasteiger partial charge on any atom is -0.361 e. The number of rotatable bonds is 6. The van der Waals surface area contributed by atoms with Gasteiger partial charge in [0.1, 0.15) is 0 Å². The normalized spacial score (nSPS) is 16.4. The van der Waals surface area contributed by atoms with Gasteiger partial charge in [-0.1, -0.05) is 42.1 Å². The number of nitrogens with one attached hydrogen (secondary N) is 2. The highest BCUT2D eigenvalue weighted by molar-refractivity contribution is 9.10. The molecular formula is C18H28BrCl2N3. The maximum atomic E-state index is 3.62. The first-order chi connectivity index (χ1) is 10.8. The van der Waals surface area contributed by atoms with Crippen molar-refractivity contribution in [2.45, 2.75) is 38.6 Å². The predicted octanol–water partition coefficient (Wildman–Crippen LogP) is 5.30. The number of aromatic amines is 1. The molecule has 0 unspecified atom stereocenters. The Morgan fingerprint density at radius 2 is 1.92 bits per heavy atom. The number of H-pyrrole nitrogens is 1. The first-order valence-electron chi connectivity index (χ1n) is 8.51. The van der Waals surface area contributed by atoms with Crippen molar-refractivity contribution >= 4 is 51.6 Å². The lowest BCUT2D eigenvalue weighted by Crippen LogP contribution is -2.45. The molecule has 1 saturated heterocycles. The van der Waals surface area contributed by atoms with Crippen LogP contribution in [-0.4, -0.2) is 36.1 Å². The summed E-state index contributed by atoms with van der Waals surface area (Å²) in [5.74, 6) is 0. The topological polar surface area (TPSA) is 31.1 Å². The lowest BCUT2D eigenvalue weighted by Gasteiger charge is -2.35. The van der Waals surface area contributed by atoms with Gasteiger partial charge in [-0.15, -0.1) is 24.8 Å². The van der Waals surface area contributed by atoms with Crippen LogP contribution in [0.3, 0.4) is 0 Å². The molecule has 0 radical (unpaired) electrons. The third kappa shape index (κ3) is 5.12. The first kappa shape index (κ1) is 21.8. The van der Waals surface area contributed by atoms with E-state index in [0.717, 1.165) is 30.7 Å². The van der Waals surface area contributed by atoms with Crippen molar-refractivity contribution in [2.24, 2.45) is 0 Å². The second-order valence-electron chi connectivity index (χ2n) is 6.23. The number of benzene rings is 1. The second kappa shape index (κ2) is 10.7. The van der Waals surface area contributed by atoms with E-state index in [1.807, 2.05) is 0 Å². The molecule has 1 atom stereocenters. The maximum absolute atomic E-state index is 3.62. The van der Waals surface area contributed by atoms with Crippen LogP contribution in [0.1, 0.15) is 44.2 Å². The maximum Gasteiger partial charge on any atom is 0.0458 e. The minimum absolute atomic E-state index is 0. The van der Waals surface area contributed by atoms with Crippen LogP contribution in [0, 0.1) is 0 Å². The number of halogens is 3. The number of hydrogen-bond donors (Lipinski definition) is 2. The number of unbranched alkanes of at least 4 members (excludes halogenated alkanes) is 2. The summed E-state index contributed by atoms with van der Waals surface area (Å²) in [5, 5.41) is 4.84. The number of piperazine rings is 1. The molecule has 2 aromatic rings. The third-order valence-electron chi connectivity index (χ3n) is 4.71. The average molecular weight is 437 g/mol. The zero-order valence-electron chi connectivity index (χ0n) is 14.2. The van der Waals surface area contributed by atoms with Crippen LogP contribution < -0.4 is 5.32 Å². The van der Waals surface area contributed by atoms with Crippen LogP contribution in [0.2, 0.25) is 0 Å². The highest BCUT2D eigenvalue weighted by atomic mass is 79.9. The van der Waals surface area contributed by atoms with E-state index in [4.69, 9.17) is 0 Å². The van der Waals surface area contributed by atoms with Crippen LogP contribution in [0.15, 0.2) is 28.9 Å². The van der Waals surface area contributed by atoms with E-state index in [2.05, 4.69) is 62.5 Å². The molecule has 1 fully saturated rings. The summed E-state index contributed by atoms with van der Waals surface area (Å²) in [6, 6.07) is 7.08. The number of nitrogens with zero attached hydrogens (tertiary/aromatic N) is 1. The van der Waals surface area contributed by atoms with E-state index < -0.39 is 0 Å². The quantitative estimate of drug-likeness (QED) is 0.601. The third-order valence-corrected chi connectivity index (χ3v) is 5.20. The SMILES string of the molecule is CCCCC[C@@H](c1c[nH]c2ccc(Br)cc12)N1CCNCC1.Cl.Cl. The molecule has 1 aromatic heterocycles. The highest BCUT2D eigenvalue weighted by Gasteiger charge is 2.24. The van der Waals surface area contributed by atoms with Gasteiger partial charge < -0.3 is 10.3 Å². The van der Waals surface area contributed by atoms with E-state index >= 15 is 0 Å². The van der Waals surface area contributed by atoms with Gasteiger partial charge in [-0.05, 0) is 30.2 Å². The summed E-state index contributed by atoms with van der Waals surface area (Å²) >= 11 is 3.62. The van der Waals surface area contributed by atoms with Gasteiger partial charge in [0.05, 0.1) is 0 Å². The van der Waals surface area contributed by atoms with Gasteiger partial charge in [0, 0.05) is 53.8 Å². The molecule has 1 aliphatic heterocycles. The zero-order valence-corrected chi connectivity index (χ0v) is 17.4. The Labute approximate surface area is 165 Å². The highest BCUT2D eigenvalue weighted by Crippen LogP contribution is 2.33. The summed E-state index contributed by atoms with van der Waals surface area (Å²) in [6.45, 7) is 6.80. The molecule has 2 N–H and O–H groups in total. The molecular weight excluding hydrogens is 409 g/mol. The van der Waals surface area contributed by atoms with Crippen molar-refractivity contribution in [1.82, 2.24) is 15.2 Å². The molecule has 0 spiro atoms. The van der Waals surface area contributed by atoms with Crippen LogP contribution in [0.5, 0.6) is 0 Å². The van der Waals surface area contributed by atoms with Crippen LogP contribution >= 0.6 is 40.7 Å². The Bertz CT molecular complexity index is 611. The lowest BCUT2D eigenvalue weighted by molar-refractivity contribution is 0.164. The summed E-state index contributed by atoms with van der Waals surface area (Å²) in [6.07, 6.45) is 7.41. The van der Waals surface area contributed by atoms with Crippen LogP contribution in [0.25, 0.3) is 10.9 Å². The van der Waals surface area contributed by atoms with Gasteiger partial charge in [0.2, 0.25) is 0 Å². The van der Waals surface area contributed by atoms with Crippen molar-refractivity contribution in [3.8, 4) is 0 Å². The van der Waals surface area contributed by atoms with Gasteiger partial charge in [-0.2, -0.15) is 0 Å². The minimum atomic E-state index is 0. The van der Waals surface area contributed by atoms with Gasteiger partial charge >= 0.3 is 0 Å². The number of fused-ring (bicyclic) bond motifs is 1. The molecule has 0 amide bonds. The Morgan fingerprint density at radius 1 is 1.17 bits per heavy atom. The van der Waals surface area contributed by atoms with E-state index in [1.54, 1.807) is 0 Å². The molecule has 6 heteroatoms. The van der Waals surface area contributed by atoms with Crippen molar-refractivity contribution in [1.29, 1.82) is 0 Å². The van der Waals surface area contributed by atoms with E-state index in [-0.39, 0.29) is 24.8 Å². The van der Waals surface area contributed by atoms with E-state index in [1.165, 1.54) is 42.1 Å². The molecule has 2 heterocycles. The second-order valence-corrected chi connectivity index (χ2v) is 7.15. The lowest BCUT2D eigenvalue weighted by atomic mass is 9.97. The summed E-state index contributed by atoms with van der Waals surface area (Å²) in [5.41, 5.74) is 2.71. The van der Waals surface area contributed by atoms with Gasteiger partial charge in [0.25, 0.3) is 0 Å². The molecule has 136 valence electrons.